The van der Waals surface area contributed by atoms with Gasteiger partial charge in [0.2, 0.25) is 0 Å². The SMILES string of the molecule is COc1ccccc1OC(C)c1nnc(SCC(=O)c2ccc(F)cc2)n1C. The third-order valence-electron chi connectivity index (χ3n) is 4.10. The highest BCUT2D eigenvalue weighted by Crippen LogP contribution is 2.30. The predicted octanol–water partition coefficient (Wildman–Crippen LogP) is 4.08. The lowest BCUT2D eigenvalue weighted by Crippen LogP contribution is -2.11. The first-order valence-electron chi connectivity index (χ1n) is 8.60. The summed E-state index contributed by atoms with van der Waals surface area (Å²) in [4.78, 5) is 12.3. The van der Waals surface area contributed by atoms with Crippen LogP contribution in [0, 0.1) is 5.82 Å². The average molecular weight is 401 g/mol. The summed E-state index contributed by atoms with van der Waals surface area (Å²) < 4.78 is 26.0. The van der Waals surface area contributed by atoms with Gasteiger partial charge in [-0.1, -0.05) is 23.9 Å². The lowest BCUT2D eigenvalue weighted by Gasteiger charge is -2.16. The highest BCUT2D eigenvalue weighted by molar-refractivity contribution is 7.99. The molecule has 0 aliphatic carbocycles. The maximum Gasteiger partial charge on any atom is 0.191 e. The second-order valence-corrected chi connectivity index (χ2v) is 6.97. The van der Waals surface area contributed by atoms with Gasteiger partial charge in [-0.3, -0.25) is 4.79 Å². The second-order valence-electron chi connectivity index (χ2n) is 6.03. The molecule has 6 nitrogen and oxygen atoms in total. The van der Waals surface area contributed by atoms with E-state index in [0.717, 1.165) is 0 Å². The number of hydrogen-bond acceptors (Lipinski definition) is 6. The molecule has 146 valence electrons. The van der Waals surface area contributed by atoms with E-state index in [4.69, 9.17) is 9.47 Å². The number of benzene rings is 2. The van der Waals surface area contributed by atoms with Gasteiger partial charge < -0.3 is 14.0 Å². The van der Waals surface area contributed by atoms with Gasteiger partial charge in [0.1, 0.15) is 5.82 Å². The molecule has 0 N–H and O–H groups in total. The van der Waals surface area contributed by atoms with Crippen LogP contribution >= 0.6 is 11.8 Å². The van der Waals surface area contributed by atoms with Crippen LogP contribution in [0.25, 0.3) is 0 Å². The van der Waals surface area contributed by atoms with Crippen LogP contribution in [0.2, 0.25) is 0 Å². The fraction of sp³-hybridized carbons (Fsp3) is 0.250. The topological polar surface area (TPSA) is 66.2 Å². The van der Waals surface area contributed by atoms with Crippen LogP contribution in [0.3, 0.4) is 0 Å². The van der Waals surface area contributed by atoms with Crippen molar-refractivity contribution >= 4 is 17.5 Å². The Morgan fingerprint density at radius 1 is 1.14 bits per heavy atom. The van der Waals surface area contributed by atoms with E-state index in [1.807, 2.05) is 38.2 Å². The number of nitrogens with zero attached hydrogens (tertiary/aromatic N) is 3. The zero-order chi connectivity index (χ0) is 20.1. The number of halogens is 1. The zero-order valence-electron chi connectivity index (χ0n) is 15.8. The van der Waals surface area contributed by atoms with Crippen LogP contribution in [0.15, 0.2) is 53.7 Å². The first-order valence-corrected chi connectivity index (χ1v) is 9.58. The van der Waals surface area contributed by atoms with Crippen molar-refractivity contribution in [3.8, 4) is 11.5 Å². The molecule has 1 heterocycles. The van der Waals surface area contributed by atoms with Gasteiger partial charge in [0.05, 0.1) is 12.9 Å². The Morgan fingerprint density at radius 3 is 2.50 bits per heavy atom. The van der Waals surface area contributed by atoms with Gasteiger partial charge in [0.15, 0.2) is 34.4 Å². The molecular weight excluding hydrogens is 381 g/mol. The van der Waals surface area contributed by atoms with Crippen molar-refractivity contribution in [1.29, 1.82) is 0 Å². The summed E-state index contributed by atoms with van der Waals surface area (Å²) in [5, 5.41) is 8.95. The molecule has 0 aliphatic heterocycles. The van der Waals surface area contributed by atoms with E-state index in [-0.39, 0.29) is 23.5 Å². The van der Waals surface area contributed by atoms with Gasteiger partial charge >= 0.3 is 0 Å². The highest BCUT2D eigenvalue weighted by Gasteiger charge is 2.19. The van der Waals surface area contributed by atoms with Gasteiger partial charge in [0.25, 0.3) is 0 Å². The number of ketones is 1. The van der Waals surface area contributed by atoms with Crippen molar-refractivity contribution in [3.63, 3.8) is 0 Å². The van der Waals surface area contributed by atoms with Crippen LogP contribution in [-0.4, -0.2) is 33.4 Å². The number of carbonyl (C=O) groups is 1. The lowest BCUT2D eigenvalue weighted by atomic mass is 10.1. The molecular formula is C20H20FN3O3S. The van der Waals surface area contributed by atoms with Crippen LogP contribution in [0.4, 0.5) is 4.39 Å². The van der Waals surface area contributed by atoms with Crippen LogP contribution in [-0.2, 0) is 7.05 Å². The fourth-order valence-electron chi connectivity index (χ4n) is 2.61. The molecule has 8 heteroatoms. The van der Waals surface area contributed by atoms with Gasteiger partial charge in [-0.15, -0.1) is 10.2 Å². The summed E-state index contributed by atoms with van der Waals surface area (Å²) in [6.07, 6.45) is -0.365. The summed E-state index contributed by atoms with van der Waals surface area (Å²) in [5.41, 5.74) is 0.462. The molecule has 0 saturated heterocycles. The van der Waals surface area contributed by atoms with Crippen molar-refractivity contribution in [2.45, 2.75) is 18.2 Å². The molecule has 0 saturated carbocycles. The number of aromatic nitrogens is 3. The zero-order valence-corrected chi connectivity index (χ0v) is 16.6. The van der Waals surface area contributed by atoms with E-state index >= 15 is 0 Å². The number of methoxy groups -OCH3 is 1. The van der Waals surface area contributed by atoms with E-state index in [0.29, 0.717) is 28.0 Å². The summed E-state index contributed by atoms with van der Waals surface area (Å²) in [6, 6.07) is 12.9. The number of ether oxygens (including phenoxy) is 2. The Morgan fingerprint density at radius 2 is 1.82 bits per heavy atom. The van der Waals surface area contributed by atoms with E-state index in [2.05, 4.69) is 10.2 Å². The first kappa shape index (κ1) is 19.9. The number of rotatable bonds is 8. The minimum atomic E-state index is -0.369. The smallest absolute Gasteiger partial charge is 0.191 e. The molecule has 2 aromatic carbocycles. The number of hydrogen-bond donors (Lipinski definition) is 0. The third kappa shape index (κ3) is 4.51. The Hall–Kier alpha value is -2.87. The van der Waals surface area contributed by atoms with Crippen molar-refractivity contribution < 1.29 is 18.7 Å². The molecule has 3 rings (SSSR count). The van der Waals surface area contributed by atoms with Crippen LogP contribution < -0.4 is 9.47 Å². The molecule has 0 radical (unpaired) electrons. The average Bonchev–Trinajstić information content (AvgIpc) is 3.07. The quantitative estimate of drug-likeness (QED) is 0.419. The Bertz CT molecular complexity index is 960. The standard InChI is InChI=1S/C20H20FN3O3S/c1-13(27-18-7-5-4-6-17(18)26-3)19-22-23-20(24(19)2)28-12-16(25)14-8-10-15(21)11-9-14/h4-11,13H,12H2,1-3H3. The minimum Gasteiger partial charge on any atom is -0.493 e. The first-order chi connectivity index (χ1) is 13.5. The van der Waals surface area contributed by atoms with Gasteiger partial charge in [-0.05, 0) is 43.3 Å². The predicted molar refractivity (Wildman–Crippen MR) is 104 cm³/mol. The van der Waals surface area contributed by atoms with Gasteiger partial charge in [-0.2, -0.15) is 0 Å². The normalized spacial score (nSPS) is 11.9. The van der Waals surface area contributed by atoms with E-state index in [9.17, 15) is 9.18 Å². The van der Waals surface area contributed by atoms with E-state index in [1.165, 1.54) is 36.0 Å². The van der Waals surface area contributed by atoms with Crippen molar-refractivity contribution in [1.82, 2.24) is 14.8 Å². The van der Waals surface area contributed by atoms with Crippen LogP contribution in [0.1, 0.15) is 29.2 Å². The Balaban J connectivity index is 1.66. The third-order valence-corrected chi connectivity index (χ3v) is 5.12. The second kappa shape index (κ2) is 8.88. The van der Waals surface area contributed by atoms with Gasteiger partial charge in [0, 0.05) is 12.6 Å². The molecule has 1 atom stereocenters. The fourth-order valence-corrected chi connectivity index (χ4v) is 3.43. The monoisotopic (exact) mass is 401 g/mol. The number of Topliss-reactive ketones (excluding diaryl/α,β-unsaturated/α-hetero) is 1. The molecule has 0 fully saturated rings. The molecule has 0 spiro atoms. The summed E-state index contributed by atoms with van der Waals surface area (Å²) in [6.45, 7) is 1.87. The molecule has 3 aromatic rings. The van der Waals surface area contributed by atoms with Gasteiger partial charge in [-0.25, -0.2) is 4.39 Å². The Labute approximate surface area is 166 Å². The molecule has 28 heavy (non-hydrogen) atoms. The minimum absolute atomic E-state index is 0.104. The van der Waals surface area contributed by atoms with E-state index in [1.54, 1.807) is 11.7 Å². The summed E-state index contributed by atoms with van der Waals surface area (Å²) in [7, 11) is 3.41. The number of para-hydroxylation sites is 2. The summed E-state index contributed by atoms with van der Waals surface area (Å²) in [5.74, 6) is 1.58. The van der Waals surface area contributed by atoms with E-state index < -0.39 is 0 Å². The number of thioether (sulfide) groups is 1. The number of carbonyl (C=O) groups excluding carboxylic acids is 1. The maximum atomic E-state index is 13.0. The van der Waals surface area contributed by atoms with Crippen molar-refractivity contribution in [2.75, 3.05) is 12.9 Å². The molecule has 1 unspecified atom stereocenters. The van der Waals surface area contributed by atoms with Crippen molar-refractivity contribution in [3.05, 3.63) is 65.7 Å². The maximum absolute atomic E-state index is 13.0. The van der Waals surface area contributed by atoms with Crippen molar-refractivity contribution in [2.24, 2.45) is 7.05 Å². The highest BCUT2D eigenvalue weighted by atomic mass is 32.2. The molecule has 0 aliphatic rings. The molecule has 0 bridgehead atoms. The molecule has 0 amide bonds. The molecule has 1 aromatic heterocycles. The largest absolute Gasteiger partial charge is 0.493 e. The van der Waals surface area contributed by atoms with Crippen LogP contribution in [0.5, 0.6) is 11.5 Å². The Kier molecular flexibility index (Phi) is 6.30. The lowest BCUT2D eigenvalue weighted by molar-refractivity contribution is 0.102. The summed E-state index contributed by atoms with van der Waals surface area (Å²) >= 11 is 1.27.